The van der Waals surface area contributed by atoms with Crippen LogP contribution in [-0.2, 0) is 9.59 Å². The molecule has 1 rings (SSSR count). The molecule has 14 heavy (non-hydrogen) atoms. The first-order valence-corrected chi connectivity index (χ1v) is 4.05. The predicted molar refractivity (Wildman–Crippen MR) is 48.8 cm³/mol. The van der Waals surface area contributed by atoms with Gasteiger partial charge in [0.1, 0.15) is 11.9 Å². The third-order valence-corrected chi connectivity index (χ3v) is 1.83. The predicted octanol–water partition coefficient (Wildman–Crippen LogP) is 0.236. The van der Waals surface area contributed by atoms with Crippen LogP contribution in [0.15, 0.2) is 12.5 Å². The van der Waals surface area contributed by atoms with Crippen LogP contribution in [0.4, 0.5) is 5.82 Å². The van der Waals surface area contributed by atoms with E-state index in [1.165, 1.54) is 26.4 Å². The summed E-state index contributed by atoms with van der Waals surface area (Å²) in [7, 11) is 0. The van der Waals surface area contributed by atoms with Gasteiger partial charge in [0.25, 0.3) is 0 Å². The number of aromatic nitrogens is 2. The molecular weight excluding hydrogens is 186 g/mol. The van der Waals surface area contributed by atoms with Gasteiger partial charge in [0.15, 0.2) is 0 Å². The van der Waals surface area contributed by atoms with E-state index in [1.54, 1.807) is 0 Å². The molecular formula is C8H11N3O3. The normalized spacial score (nSPS) is 12.1. The number of carboxylic acid groups (broad SMARTS) is 1. The summed E-state index contributed by atoms with van der Waals surface area (Å²) in [5, 5.41) is 8.77. The second-order valence-electron chi connectivity index (χ2n) is 2.84. The third-order valence-electron chi connectivity index (χ3n) is 1.83. The van der Waals surface area contributed by atoms with Crippen molar-refractivity contribution in [1.29, 1.82) is 0 Å². The minimum absolute atomic E-state index is 0.343. The van der Waals surface area contributed by atoms with Gasteiger partial charge in [-0.1, -0.05) is 0 Å². The van der Waals surface area contributed by atoms with Gasteiger partial charge >= 0.3 is 5.97 Å². The van der Waals surface area contributed by atoms with Crippen LogP contribution in [-0.4, -0.2) is 33.0 Å². The van der Waals surface area contributed by atoms with Crippen molar-refractivity contribution in [1.82, 2.24) is 9.97 Å². The fourth-order valence-corrected chi connectivity index (χ4v) is 1.14. The van der Waals surface area contributed by atoms with Gasteiger partial charge in [-0.2, -0.15) is 0 Å². The fraction of sp³-hybridized carbons (Fsp3) is 0.375. The smallest absolute Gasteiger partial charge is 0.326 e. The van der Waals surface area contributed by atoms with E-state index >= 15 is 0 Å². The van der Waals surface area contributed by atoms with Gasteiger partial charge in [0, 0.05) is 6.92 Å². The molecule has 0 aliphatic rings. The number of nitrogens with zero attached hydrogens (tertiary/aromatic N) is 2. The minimum atomic E-state index is -1.06. The number of carboxylic acids is 1. The van der Waals surface area contributed by atoms with Crippen LogP contribution in [0.25, 0.3) is 0 Å². The Labute approximate surface area is 80.6 Å². The second-order valence-corrected chi connectivity index (χ2v) is 2.84. The van der Waals surface area contributed by atoms with Crippen LogP contribution >= 0.6 is 0 Å². The maximum absolute atomic E-state index is 11.2. The highest BCUT2D eigenvalue weighted by atomic mass is 16.4. The number of anilines is 1. The highest BCUT2D eigenvalue weighted by molar-refractivity contribution is 5.96. The van der Waals surface area contributed by atoms with Crippen LogP contribution in [0, 0.1) is 0 Å². The Morgan fingerprint density at radius 1 is 1.64 bits per heavy atom. The largest absolute Gasteiger partial charge is 0.480 e. The number of imidazole rings is 1. The Balaban J connectivity index is 2.97. The molecule has 0 unspecified atom stereocenters. The van der Waals surface area contributed by atoms with Crippen LogP contribution in [0.3, 0.4) is 0 Å². The molecule has 0 radical (unpaired) electrons. The number of aliphatic carboxylic acids is 1. The number of amides is 1. The summed E-state index contributed by atoms with van der Waals surface area (Å²) in [6.45, 7) is 2.74. The lowest BCUT2D eigenvalue weighted by Gasteiger charge is -2.22. The van der Waals surface area contributed by atoms with Gasteiger partial charge < -0.3 is 10.1 Å². The van der Waals surface area contributed by atoms with Crippen molar-refractivity contribution in [3.05, 3.63) is 12.5 Å². The number of hydrogen-bond donors (Lipinski definition) is 2. The standard InChI is InChI=1S/C8H11N3O3/c1-5(8(13)14)11(6(2)12)7-3-9-4-10-7/h3-5H,1-2H3,(H,9,10)(H,13,14)/t5-/m0/s1. The molecule has 2 N–H and O–H groups in total. The van der Waals surface area contributed by atoms with E-state index in [-0.39, 0.29) is 5.91 Å². The van der Waals surface area contributed by atoms with Crippen LogP contribution in [0.5, 0.6) is 0 Å². The summed E-state index contributed by atoms with van der Waals surface area (Å²) >= 11 is 0. The van der Waals surface area contributed by atoms with E-state index in [4.69, 9.17) is 5.11 Å². The maximum atomic E-state index is 11.2. The molecule has 0 aromatic carbocycles. The average molecular weight is 197 g/mol. The zero-order valence-electron chi connectivity index (χ0n) is 7.89. The molecule has 1 atom stereocenters. The lowest BCUT2D eigenvalue weighted by Crippen LogP contribution is -2.42. The van der Waals surface area contributed by atoms with Crippen molar-refractivity contribution in [3.8, 4) is 0 Å². The van der Waals surface area contributed by atoms with Gasteiger partial charge in [-0.05, 0) is 6.92 Å². The summed E-state index contributed by atoms with van der Waals surface area (Å²) in [4.78, 5) is 29.5. The number of carbonyl (C=O) groups excluding carboxylic acids is 1. The zero-order valence-corrected chi connectivity index (χ0v) is 7.89. The van der Waals surface area contributed by atoms with Crippen molar-refractivity contribution in [3.63, 3.8) is 0 Å². The summed E-state index contributed by atoms with van der Waals surface area (Å²) in [6.07, 6.45) is 2.79. The van der Waals surface area contributed by atoms with E-state index in [0.29, 0.717) is 5.82 Å². The van der Waals surface area contributed by atoms with Gasteiger partial charge in [-0.25, -0.2) is 9.78 Å². The van der Waals surface area contributed by atoms with Crippen molar-refractivity contribution < 1.29 is 14.7 Å². The molecule has 76 valence electrons. The first kappa shape index (κ1) is 10.2. The lowest BCUT2D eigenvalue weighted by atomic mass is 10.3. The number of aromatic amines is 1. The lowest BCUT2D eigenvalue weighted by molar-refractivity contribution is -0.139. The molecule has 6 heteroatoms. The van der Waals surface area contributed by atoms with E-state index in [2.05, 4.69) is 9.97 Å². The molecule has 1 amide bonds. The summed E-state index contributed by atoms with van der Waals surface area (Å²) in [5.74, 6) is -1.02. The molecule has 0 fully saturated rings. The van der Waals surface area contributed by atoms with Crippen LogP contribution in [0.1, 0.15) is 13.8 Å². The first-order valence-electron chi connectivity index (χ1n) is 4.05. The summed E-state index contributed by atoms with van der Waals surface area (Å²) in [5.41, 5.74) is 0. The summed E-state index contributed by atoms with van der Waals surface area (Å²) in [6, 6.07) is -0.909. The molecule has 0 bridgehead atoms. The van der Waals surface area contributed by atoms with E-state index in [1.807, 2.05) is 0 Å². The van der Waals surface area contributed by atoms with Gasteiger partial charge in [0.05, 0.1) is 12.5 Å². The van der Waals surface area contributed by atoms with Gasteiger partial charge in [-0.15, -0.1) is 0 Å². The van der Waals surface area contributed by atoms with Crippen molar-refractivity contribution in [2.45, 2.75) is 19.9 Å². The van der Waals surface area contributed by atoms with Crippen LogP contribution in [0.2, 0.25) is 0 Å². The van der Waals surface area contributed by atoms with E-state index < -0.39 is 12.0 Å². The zero-order chi connectivity index (χ0) is 10.7. The molecule has 0 spiro atoms. The Kier molecular flexibility index (Phi) is 2.85. The van der Waals surface area contributed by atoms with Crippen molar-refractivity contribution >= 4 is 17.7 Å². The highest BCUT2D eigenvalue weighted by Gasteiger charge is 2.25. The Morgan fingerprint density at radius 3 is 2.64 bits per heavy atom. The van der Waals surface area contributed by atoms with Gasteiger partial charge in [-0.3, -0.25) is 9.69 Å². The number of nitrogens with one attached hydrogen (secondary N) is 1. The number of rotatable bonds is 3. The number of carbonyl (C=O) groups is 2. The SMILES string of the molecule is CC(=O)N(c1cnc[nH]1)[C@@H](C)C(=O)O. The quantitative estimate of drug-likeness (QED) is 0.726. The number of H-pyrrole nitrogens is 1. The fourth-order valence-electron chi connectivity index (χ4n) is 1.14. The number of hydrogen-bond acceptors (Lipinski definition) is 3. The molecule has 0 aliphatic heterocycles. The molecule has 0 saturated carbocycles. The Bertz CT molecular complexity index is 334. The minimum Gasteiger partial charge on any atom is -0.480 e. The first-order chi connectivity index (χ1) is 6.54. The molecule has 1 heterocycles. The summed E-state index contributed by atoms with van der Waals surface area (Å²) < 4.78 is 0. The van der Waals surface area contributed by atoms with Crippen molar-refractivity contribution in [2.75, 3.05) is 4.90 Å². The van der Waals surface area contributed by atoms with Crippen LogP contribution < -0.4 is 4.90 Å². The molecule has 0 aliphatic carbocycles. The molecule has 0 saturated heterocycles. The average Bonchev–Trinajstić information content (AvgIpc) is 2.56. The van der Waals surface area contributed by atoms with E-state index in [0.717, 1.165) is 4.90 Å². The Morgan fingerprint density at radius 2 is 2.29 bits per heavy atom. The topological polar surface area (TPSA) is 86.3 Å². The molecule has 6 nitrogen and oxygen atoms in total. The maximum Gasteiger partial charge on any atom is 0.326 e. The third kappa shape index (κ3) is 1.90. The molecule has 1 aromatic heterocycles. The van der Waals surface area contributed by atoms with Gasteiger partial charge in [0.2, 0.25) is 5.91 Å². The molecule has 1 aromatic rings. The monoisotopic (exact) mass is 197 g/mol. The van der Waals surface area contributed by atoms with E-state index in [9.17, 15) is 9.59 Å². The Hall–Kier alpha value is -1.85. The highest BCUT2D eigenvalue weighted by Crippen LogP contribution is 2.12. The second kappa shape index (κ2) is 3.91. The van der Waals surface area contributed by atoms with Crippen molar-refractivity contribution in [2.24, 2.45) is 0 Å².